The third-order valence-electron chi connectivity index (χ3n) is 3.60. The number of hydrogen-bond acceptors (Lipinski definition) is 1. The summed E-state index contributed by atoms with van der Waals surface area (Å²) in [7, 11) is 0. The quantitative estimate of drug-likeness (QED) is 0.842. The van der Waals surface area contributed by atoms with Crippen LogP contribution < -0.4 is 0 Å². The van der Waals surface area contributed by atoms with Crippen LogP contribution in [0.3, 0.4) is 0 Å². The Morgan fingerprint density at radius 2 is 2.00 bits per heavy atom. The highest BCUT2D eigenvalue weighted by atomic mass is 16.4. The van der Waals surface area contributed by atoms with E-state index in [1.165, 1.54) is 24.8 Å². The third kappa shape index (κ3) is 2.43. The normalized spacial score (nSPS) is 17.8. The van der Waals surface area contributed by atoms with E-state index in [4.69, 9.17) is 5.11 Å². The number of carbonyl (C=O) groups is 1. The number of rotatable bonds is 4. The van der Waals surface area contributed by atoms with Gasteiger partial charge < -0.3 is 5.11 Å². The van der Waals surface area contributed by atoms with Gasteiger partial charge in [-0.15, -0.1) is 0 Å². The first-order chi connectivity index (χ1) is 7.66. The Balaban J connectivity index is 2.00. The molecule has 0 spiro atoms. The third-order valence-corrected chi connectivity index (χ3v) is 3.60. The maximum Gasteiger partial charge on any atom is 0.310 e. The molecule has 1 aliphatic rings. The molecule has 1 N–H and O–H groups in total. The zero-order valence-electron chi connectivity index (χ0n) is 9.65. The van der Waals surface area contributed by atoms with E-state index < -0.39 is 11.9 Å². The predicted molar refractivity (Wildman–Crippen MR) is 63.5 cm³/mol. The summed E-state index contributed by atoms with van der Waals surface area (Å²) in [6.07, 6.45) is 5.24. The van der Waals surface area contributed by atoms with Crippen LogP contribution in [0.4, 0.5) is 0 Å². The molecular formula is C14H18O2. The standard InChI is InChI=1S/C14H18O2/c1-10(14(15)16)13-7-5-12(6-8-13)9-11-3-2-4-11/h5-8,10-11H,2-4,9H2,1H3,(H,15,16)/t10-/m0/s1. The van der Waals surface area contributed by atoms with Crippen molar-refractivity contribution in [1.29, 1.82) is 0 Å². The fourth-order valence-electron chi connectivity index (χ4n) is 2.12. The minimum atomic E-state index is -0.758. The van der Waals surface area contributed by atoms with Gasteiger partial charge in [0.2, 0.25) is 0 Å². The molecule has 1 fully saturated rings. The van der Waals surface area contributed by atoms with E-state index in [9.17, 15) is 4.79 Å². The summed E-state index contributed by atoms with van der Waals surface area (Å²) in [5.41, 5.74) is 2.23. The second kappa shape index (κ2) is 4.69. The molecule has 1 atom stereocenters. The summed E-state index contributed by atoms with van der Waals surface area (Å²) in [6, 6.07) is 8.06. The van der Waals surface area contributed by atoms with Crippen molar-refractivity contribution in [1.82, 2.24) is 0 Å². The highest BCUT2D eigenvalue weighted by molar-refractivity contribution is 5.75. The lowest BCUT2D eigenvalue weighted by Crippen LogP contribution is -2.13. The number of benzene rings is 1. The van der Waals surface area contributed by atoms with Gasteiger partial charge in [0.15, 0.2) is 0 Å². The highest BCUT2D eigenvalue weighted by Gasteiger charge is 2.18. The lowest BCUT2D eigenvalue weighted by Gasteiger charge is -2.25. The molecule has 1 saturated carbocycles. The van der Waals surface area contributed by atoms with E-state index in [2.05, 4.69) is 12.1 Å². The van der Waals surface area contributed by atoms with Crippen molar-refractivity contribution < 1.29 is 9.90 Å². The van der Waals surface area contributed by atoms with Crippen LogP contribution in [0.25, 0.3) is 0 Å². The van der Waals surface area contributed by atoms with Crippen LogP contribution in [0.1, 0.15) is 43.2 Å². The molecule has 2 rings (SSSR count). The van der Waals surface area contributed by atoms with Gasteiger partial charge >= 0.3 is 5.97 Å². The van der Waals surface area contributed by atoms with E-state index in [0.717, 1.165) is 17.9 Å². The molecule has 0 aromatic heterocycles. The van der Waals surface area contributed by atoms with Crippen molar-refractivity contribution in [2.45, 2.75) is 38.5 Å². The maximum absolute atomic E-state index is 10.8. The summed E-state index contributed by atoms with van der Waals surface area (Å²) in [5, 5.41) is 8.90. The van der Waals surface area contributed by atoms with Gasteiger partial charge in [-0.3, -0.25) is 4.79 Å². The average molecular weight is 218 g/mol. The molecule has 2 nitrogen and oxygen atoms in total. The number of carboxylic acids is 1. The van der Waals surface area contributed by atoms with Gasteiger partial charge in [0.1, 0.15) is 0 Å². The van der Waals surface area contributed by atoms with Crippen molar-refractivity contribution in [3.63, 3.8) is 0 Å². The molecule has 0 aliphatic heterocycles. The summed E-state index contributed by atoms with van der Waals surface area (Å²) >= 11 is 0. The number of hydrogen-bond donors (Lipinski definition) is 1. The minimum absolute atomic E-state index is 0.405. The molecule has 1 aliphatic carbocycles. The van der Waals surface area contributed by atoms with Gasteiger partial charge in [-0.2, -0.15) is 0 Å². The number of carboxylic acid groups (broad SMARTS) is 1. The monoisotopic (exact) mass is 218 g/mol. The summed E-state index contributed by atoms with van der Waals surface area (Å²) in [4.78, 5) is 10.8. The Morgan fingerprint density at radius 1 is 1.38 bits per heavy atom. The van der Waals surface area contributed by atoms with Crippen molar-refractivity contribution in [3.05, 3.63) is 35.4 Å². The highest BCUT2D eigenvalue weighted by Crippen LogP contribution is 2.30. The van der Waals surface area contributed by atoms with Gasteiger partial charge in [0.05, 0.1) is 5.92 Å². The summed E-state index contributed by atoms with van der Waals surface area (Å²) in [5.74, 6) is -0.299. The second-order valence-corrected chi connectivity index (χ2v) is 4.80. The Kier molecular flexibility index (Phi) is 3.28. The smallest absolute Gasteiger partial charge is 0.310 e. The van der Waals surface area contributed by atoms with E-state index in [1.807, 2.05) is 12.1 Å². The Morgan fingerprint density at radius 3 is 2.44 bits per heavy atom. The van der Waals surface area contributed by atoms with Crippen LogP contribution in [-0.4, -0.2) is 11.1 Å². The lowest BCUT2D eigenvalue weighted by molar-refractivity contribution is -0.138. The second-order valence-electron chi connectivity index (χ2n) is 4.80. The zero-order valence-corrected chi connectivity index (χ0v) is 9.65. The van der Waals surface area contributed by atoms with E-state index in [0.29, 0.717) is 0 Å². The van der Waals surface area contributed by atoms with Gasteiger partial charge in [0, 0.05) is 0 Å². The topological polar surface area (TPSA) is 37.3 Å². The first-order valence-electron chi connectivity index (χ1n) is 5.98. The molecule has 0 heterocycles. The van der Waals surface area contributed by atoms with Gasteiger partial charge in [0.25, 0.3) is 0 Å². The molecular weight excluding hydrogens is 200 g/mol. The largest absolute Gasteiger partial charge is 0.481 e. The van der Waals surface area contributed by atoms with E-state index in [1.54, 1.807) is 6.92 Å². The molecule has 1 aromatic rings. The van der Waals surface area contributed by atoms with Gasteiger partial charge in [-0.25, -0.2) is 0 Å². The van der Waals surface area contributed by atoms with Crippen molar-refractivity contribution in [3.8, 4) is 0 Å². The van der Waals surface area contributed by atoms with Crippen LogP contribution in [0.5, 0.6) is 0 Å². The first kappa shape index (κ1) is 11.2. The molecule has 0 amide bonds. The number of aliphatic carboxylic acids is 1. The maximum atomic E-state index is 10.8. The average Bonchev–Trinajstić information content (AvgIpc) is 2.23. The fourth-order valence-corrected chi connectivity index (χ4v) is 2.12. The van der Waals surface area contributed by atoms with Gasteiger partial charge in [-0.05, 0) is 30.4 Å². The van der Waals surface area contributed by atoms with Crippen molar-refractivity contribution >= 4 is 5.97 Å². The summed E-state index contributed by atoms with van der Waals surface area (Å²) in [6.45, 7) is 1.73. The molecule has 2 heteroatoms. The molecule has 86 valence electrons. The van der Waals surface area contributed by atoms with Gasteiger partial charge in [-0.1, -0.05) is 43.5 Å². The zero-order chi connectivity index (χ0) is 11.5. The summed E-state index contributed by atoms with van der Waals surface area (Å²) < 4.78 is 0. The van der Waals surface area contributed by atoms with E-state index >= 15 is 0 Å². The van der Waals surface area contributed by atoms with Crippen LogP contribution in [0, 0.1) is 5.92 Å². The van der Waals surface area contributed by atoms with Crippen LogP contribution in [0.2, 0.25) is 0 Å². The fraction of sp³-hybridized carbons (Fsp3) is 0.500. The molecule has 1 aromatic carbocycles. The Labute approximate surface area is 96.3 Å². The Hall–Kier alpha value is -1.31. The lowest BCUT2D eigenvalue weighted by atomic mass is 9.81. The molecule has 16 heavy (non-hydrogen) atoms. The van der Waals surface area contributed by atoms with Crippen LogP contribution in [-0.2, 0) is 11.2 Å². The predicted octanol–water partition coefficient (Wildman–Crippen LogP) is 3.22. The van der Waals surface area contributed by atoms with Crippen molar-refractivity contribution in [2.24, 2.45) is 5.92 Å². The van der Waals surface area contributed by atoms with E-state index in [-0.39, 0.29) is 0 Å². The van der Waals surface area contributed by atoms with Crippen molar-refractivity contribution in [2.75, 3.05) is 0 Å². The Bertz CT molecular complexity index is 363. The molecule has 0 saturated heterocycles. The first-order valence-corrected chi connectivity index (χ1v) is 5.98. The van der Waals surface area contributed by atoms with Crippen LogP contribution in [0.15, 0.2) is 24.3 Å². The molecule has 0 unspecified atom stereocenters. The minimum Gasteiger partial charge on any atom is -0.481 e. The SMILES string of the molecule is C[C@H](C(=O)O)c1ccc(CC2CCC2)cc1. The van der Waals surface area contributed by atoms with Crippen LogP contribution >= 0.6 is 0 Å². The molecule has 0 radical (unpaired) electrons. The molecule has 0 bridgehead atoms.